The molecule has 0 atom stereocenters. The van der Waals surface area contributed by atoms with E-state index in [9.17, 15) is 0 Å². The van der Waals surface area contributed by atoms with Gasteiger partial charge in [0.2, 0.25) is 0 Å². The van der Waals surface area contributed by atoms with E-state index in [0.29, 0.717) is 0 Å². The minimum atomic E-state index is 0.953. The molecule has 48 heavy (non-hydrogen) atoms. The van der Waals surface area contributed by atoms with Crippen molar-refractivity contribution in [2.45, 2.75) is 27.7 Å². The number of hydrogen-bond donors (Lipinski definition) is 0. The van der Waals surface area contributed by atoms with E-state index in [1.165, 1.54) is 50.1 Å². The van der Waals surface area contributed by atoms with Crippen LogP contribution in [0.1, 0.15) is 22.3 Å². The third kappa shape index (κ3) is 5.16. The highest BCUT2D eigenvalue weighted by Gasteiger charge is 2.18. The molecule has 6 aromatic carbocycles. The standard InChI is InChI=1S/C46H36N2/c1-29-31(3)43(35-19-12-7-13-20-35)47-45-41(29)23-24-42-30(2)32(4)44(48-46(42)45)37-22-14-21-36(25-37)40-27-38(33-15-8-5-9-16-33)26-39(28-40)34-17-10-6-11-18-34/h5-28H,1-4H3. The second-order valence-corrected chi connectivity index (χ2v) is 12.8. The van der Waals surface area contributed by atoms with Crippen LogP contribution in [0.25, 0.3) is 77.7 Å². The SMILES string of the molecule is Cc1c(-c2ccccc2)nc2c(ccc3c(C)c(C)c(-c4cccc(-c5cc(-c6ccccc6)cc(-c6ccccc6)c5)c4)nc32)c1C. The van der Waals surface area contributed by atoms with Gasteiger partial charge in [-0.2, -0.15) is 0 Å². The molecule has 0 fully saturated rings. The van der Waals surface area contributed by atoms with Gasteiger partial charge in [-0.05, 0) is 108 Å². The Morgan fingerprint density at radius 1 is 0.292 bits per heavy atom. The van der Waals surface area contributed by atoms with Gasteiger partial charge in [0.15, 0.2) is 0 Å². The zero-order valence-electron chi connectivity index (χ0n) is 27.8. The van der Waals surface area contributed by atoms with Crippen LogP contribution >= 0.6 is 0 Å². The van der Waals surface area contributed by atoms with Crippen LogP contribution in [0.2, 0.25) is 0 Å². The van der Waals surface area contributed by atoms with Crippen molar-refractivity contribution < 1.29 is 0 Å². The average Bonchev–Trinajstić information content (AvgIpc) is 3.15. The molecule has 0 radical (unpaired) electrons. The molecule has 2 heterocycles. The smallest absolute Gasteiger partial charge is 0.0975 e. The van der Waals surface area contributed by atoms with Crippen molar-refractivity contribution in [3.63, 3.8) is 0 Å². The van der Waals surface area contributed by atoms with Crippen LogP contribution in [0.5, 0.6) is 0 Å². The molecule has 2 heteroatoms. The van der Waals surface area contributed by atoms with Crippen LogP contribution in [-0.4, -0.2) is 9.97 Å². The Balaban J connectivity index is 1.32. The summed E-state index contributed by atoms with van der Waals surface area (Å²) in [5.41, 5.74) is 18.2. The summed E-state index contributed by atoms with van der Waals surface area (Å²) in [5.74, 6) is 0. The van der Waals surface area contributed by atoms with Gasteiger partial charge in [-0.25, -0.2) is 9.97 Å². The molecule has 0 spiro atoms. The Labute approximate surface area is 282 Å². The number of aromatic nitrogens is 2. The lowest BCUT2D eigenvalue weighted by Gasteiger charge is -2.17. The van der Waals surface area contributed by atoms with Gasteiger partial charge in [-0.15, -0.1) is 0 Å². The second-order valence-electron chi connectivity index (χ2n) is 12.8. The molecule has 0 unspecified atom stereocenters. The summed E-state index contributed by atoms with van der Waals surface area (Å²) in [5, 5.41) is 2.30. The highest BCUT2D eigenvalue weighted by Crippen LogP contribution is 2.38. The maximum Gasteiger partial charge on any atom is 0.0975 e. The highest BCUT2D eigenvalue weighted by atomic mass is 14.8. The molecule has 0 aliphatic heterocycles. The molecule has 8 rings (SSSR count). The van der Waals surface area contributed by atoms with E-state index in [-0.39, 0.29) is 0 Å². The van der Waals surface area contributed by atoms with Crippen molar-refractivity contribution in [1.29, 1.82) is 0 Å². The maximum atomic E-state index is 5.44. The van der Waals surface area contributed by atoms with E-state index in [1.54, 1.807) is 0 Å². The first-order valence-electron chi connectivity index (χ1n) is 16.6. The van der Waals surface area contributed by atoms with Crippen LogP contribution in [0.4, 0.5) is 0 Å². The Morgan fingerprint density at radius 3 is 1.12 bits per heavy atom. The van der Waals surface area contributed by atoms with Gasteiger partial charge in [0.1, 0.15) is 0 Å². The Hall–Kier alpha value is -5.86. The molecule has 0 saturated carbocycles. The van der Waals surface area contributed by atoms with Gasteiger partial charge >= 0.3 is 0 Å². The third-order valence-electron chi connectivity index (χ3n) is 9.91. The number of aryl methyl sites for hydroxylation is 2. The Morgan fingerprint density at radius 2 is 0.646 bits per heavy atom. The minimum absolute atomic E-state index is 0.953. The van der Waals surface area contributed by atoms with E-state index in [2.05, 4.69) is 173 Å². The number of pyridine rings is 2. The van der Waals surface area contributed by atoms with E-state index in [0.717, 1.165) is 49.9 Å². The summed E-state index contributed by atoms with van der Waals surface area (Å²) < 4.78 is 0. The first kappa shape index (κ1) is 29.5. The Bertz CT molecular complexity index is 2400. The largest absolute Gasteiger partial charge is 0.245 e. The molecule has 0 aliphatic carbocycles. The molecule has 2 nitrogen and oxygen atoms in total. The number of benzene rings is 6. The van der Waals surface area contributed by atoms with Crippen molar-refractivity contribution in [2.75, 3.05) is 0 Å². The van der Waals surface area contributed by atoms with Crippen LogP contribution in [0.15, 0.2) is 146 Å². The highest BCUT2D eigenvalue weighted by molar-refractivity contribution is 6.07. The molecular weight excluding hydrogens is 581 g/mol. The first-order chi connectivity index (χ1) is 23.5. The quantitative estimate of drug-likeness (QED) is 0.180. The van der Waals surface area contributed by atoms with Gasteiger partial charge in [0.05, 0.1) is 22.4 Å². The molecule has 8 aromatic rings. The van der Waals surface area contributed by atoms with Gasteiger partial charge in [0, 0.05) is 21.9 Å². The summed E-state index contributed by atoms with van der Waals surface area (Å²) in [6.07, 6.45) is 0. The number of hydrogen-bond acceptors (Lipinski definition) is 2. The Kier molecular flexibility index (Phi) is 7.42. The fraction of sp³-hybridized carbons (Fsp3) is 0.0870. The summed E-state index contributed by atoms with van der Waals surface area (Å²) in [4.78, 5) is 10.8. The first-order valence-corrected chi connectivity index (χ1v) is 16.6. The van der Waals surface area contributed by atoms with E-state index in [1.807, 2.05) is 0 Å². The third-order valence-corrected chi connectivity index (χ3v) is 9.91. The molecule has 230 valence electrons. The lowest BCUT2D eigenvalue weighted by molar-refractivity contribution is 1.25. The minimum Gasteiger partial charge on any atom is -0.245 e. The predicted octanol–water partition coefficient (Wildman–Crippen LogP) is 12.4. The normalized spacial score (nSPS) is 11.3. The number of rotatable bonds is 5. The average molecular weight is 617 g/mol. The topological polar surface area (TPSA) is 25.8 Å². The second kappa shape index (κ2) is 12.1. The summed E-state index contributed by atoms with van der Waals surface area (Å²) in [7, 11) is 0. The van der Waals surface area contributed by atoms with Gasteiger partial charge in [-0.1, -0.05) is 121 Å². The van der Waals surface area contributed by atoms with Crippen molar-refractivity contribution in [2.24, 2.45) is 0 Å². The molecule has 0 amide bonds. The number of fused-ring (bicyclic) bond motifs is 3. The summed E-state index contributed by atoms with van der Waals surface area (Å²) >= 11 is 0. The monoisotopic (exact) mass is 616 g/mol. The zero-order chi connectivity index (χ0) is 32.8. The molecule has 0 saturated heterocycles. The van der Waals surface area contributed by atoms with Crippen molar-refractivity contribution in [3.8, 4) is 55.9 Å². The van der Waals surface area contributed by atoms with Crippen LogP contribution in [0.3, 0.4) is 0 Å². The summed E-state index contributed by atoms with van der Waals surface area (Å²) in [6.45, 7) is 8.79. The molecule has 0 bridgehead atoms. The molecule has 0 aliphatic rings. The fourth-order valence-corrected chi connectivity index (χ4v) is 6.95. The van der Waals surface area contributed by atoms with Gasteiger partial charge in [-0.3, -0.25) is 0 Å². The van der Waals surface area contributed by atoms with Crippen molar-refractivity contribution in [3.05, 3.63) is 168 Å². The molecular formula is C46H36N2. The van der Waals surface area contributed by atoms with Gasteiger partial charge < -0.3 is 0 Å². The van der Waals surface area contributed by atoms with E-state index >= 15 is 0 Å². The lowest BCUT2D eigenvalue weighted by Crippen LogP contribution is -1.99. The van der Waals surface area contributed by atoms with Crippen molar-refractivity contribution >= 4 is 21.8 Å². The zero-order valence-corrected chi connectivity index (χ0v) is 27.8. The van der Waals surface area contributed by atoms with Gasteiger partial charge in [0.25, 0.3) is 0 Å². The maximum absolute atomic E-state index is 5.44. The van der Waals surface area contributed by atoms with Crippen LogP contribution < -0.4 is 0 Å². The molecule has 2 aromatic heterocycles. The van der Waals surface area contributed by atoms with E-state index < -0.39 is 0 Å². The van der Waals surface area contributed by atoms with E-state index in [4.69, 9.17) is 9.97 Å². The fourth-order valence-electron chi connectivity index (χ4n) is 6.95. The lowest BCUT2D eigenvalue weighted by atomic mass is 9.91. The van der Waals surface area contributed by atoms with Crippen molar-refractivity contribution in [1.82, 2.24) is 9.97 Å². The van der Waals surface area contributed by atoms with Crippen LogP contribution in [-0.2, 0) is 0 Å². The van der Waals surface area contributed by atoms with Crippen LogP contribution in [0, 0.1) is 27.7 Å². The molecule has 0 N–H and O–H groups in total. The number of nitrogens with zero attached hydrogens (tertiary/aromatic N) is 2. The summed E-state index contributed by atoms with van der Waals surface area (Å²) in [6, 6.07) is 52.0. The predicted molar refractivity (Wildman–Crippen MR) is 203 cm³/mol.